The Hall–Kier alpha value is -3.58. The van der Waals surface area contributed by atoms with E-state index in [0.29, 0.717) is 41.8 Å². The number of halogens is 1. The van der Waals surface area contributed by atoms with Crippen LogP contribution in [0.2, 0.25) is 0 Å². The second-order valence-electron chi connectivity index (χ2n) is 7.58. The van der Waals surface area contributed by atoms with Gasteiger partial charge in [0.2, 0.25) is 0 Å². The van der Waals surface area contributed by atoms with Crippen molar-refractivity contribution in [2.24, 2.45) is 0 Å². The lowest BCUT2D eigenvalue weighted by atomic mass is 10.2. The van der Waals surface area contributed by atoms with Gasteiger partial charge < -0.3 is 18.9 Å². The molecule has 0 aromatic heterocycles. The van der Waals surface area contributed by atoms with Crippen molar-refractivity contribution in [1.82, 2.24) is 0 Å². The van der Waals surface area contributed by atoms with Crippen LogP contribution in [0.25, 0.3) is 0 Å². The number of carbonyl (C=O) groups excluding carboxylic acids is 2. The van der Waals surface area contributed by atoms with Crippen LogP contribution in [0.1, 0.15) is 36.0 Å². The Morgan fingerprint density at radius 3 is 2.11 bits per heavy atom. The molecule has 0 aliphatic heterocycles. The van der Waals surface area contributed by atoms with E-state index in [4.69, 9.17) is 18.9 Å². The standard InChI is InChI=1S/C28H27BrO6/c1-2-27(30)33-19-6-4-3-5-18-32-23-12-10-21(11-13-23)28(31)35-25-16-14-24(15-17-25)34-26-9-7-8-22(29)20-26/h2,7-17,20H,1,3-6,18-19H2. The molecule has 7 heteroatoms. The average molecular weight is 539 g/mol. The quantitative estimate of drug-likeness (QED) is 0.0996. The largest absolute Gasteiger partial charge is 0.494 e. The number of hydrogen-bond acceptors (Lipinski definition) is 6. The molecule has 0 heterocycles. The van der Waals surface area contributed by atoms with E-state index in [1.807, 2.05) is 24.3 Å². The zero-order chi connectivity index (χ0) is 24.9. The lowest BCUT2D eigenvalue weighted by Crippen LogP contribution is -2.08. The maximum Gasteiger partial charge on any atom is 0.343 e. The number of unbranched alkanes of at least 4 members (excludes halogenated alkanes) is 3. The van der Waals surface area contributed by atoms with Gasteiger partial charge in [-0.3, -0.25) is 0 Å². The van der Waals surface area contributed by atoms with Crippen LogP contribution in [-0.4, -0.2) is 25.2 Å². The summed E-state index contributed by atoms with van der Waals surface area (Å²) in [4.78, 5) is 23.4. The van der Waals surface area contributed by atoms with Gasteiger partial charge in [0.15, 0.2) is 0 Å². The number of esters is 2. The van der Waals surface area contributed by atoms with E-state index in [9.17, 15) is 9.59 Å². The molecule has 35 heavy (non-hydrogen) atoms. The van der Waals surface area contributed by atoms with Crippen LogP contribution in [0.15, 0.2) is 89.9 Å². The van der Waals surface area contributed by atoms with Crippen molar-refractivity contribution in [2.75, 3.05) is 13.2 Å². The Morgan fingerprint density at radius 1 is 0.771 bits per heavy atom. The van der Waals surface area contributed by atoms with Gasteiger partial charge in [-0.15, -0.1) is 0 Å². The van der Waals surface area contributed by atoms with Crippen molar-refractivity contribution in [3.63, 3.8) is 0 Å². The highest BCUT2D eigenvalue weighted by atomic mass is 79.9. The fourth-order valence-electron chi connectivity index (χ4n) is 3.07. The second kappa shape index (κ2) is 14.0. The summed E-state index contributed by atoms with van der Waals surface area (Å²) in [6.45, 7) is 4.34. The molecule has 0 N–H and O–H groups in total. The first-order chi connectivity index (χ1) is 17.0. The Bertz CT molecular complexity index is 1110. The average Bonchev–Trinajstić information content (AvgIpc) is 2.87. The van der Waals surface area contributed by atoms with Crippen LogP contribution in [-0.2, 0) is 9.53 Å². The van der Waals surface area contributed by atoms with Gasteiger partial charge in [0, 0.05) is 10.5 Å². The normalized spacial score (nSPS) is 10.3. The zero-order valence-electron chi connectivity index (χ0n) is 19.3. The predicted molar refractivity (Wildman–Crippen MR) is 137 cm³/mol. The van der Waals surface area contributed by atoms with E-state index in [-0.39, 0.29) is 5.97 Å². The topological polar surface area (TPSA) is 71.1 Å². The van der Waals surface area contributed by atoms with Gasteiger partial charge in [0.25, 0.3) is 0 Å². The van der Waals surface area contributed by atoms with Crippen molar-refractivity contribution in [3.8, 4) is 23.0 Å². The molecule has 6 nitrogen and oxygen atoms in total. The first kappa shape index (κ1) is 26.0. The minimum Gasteiger partial charge on any atom is -0.494 e. The van der Waals surface area contributed by atoms with Gasteiger partial charge in [0.1, 0.15) is 23.0 Å². The summed E-state index contributed by atoms with van der Waals surface area (Å²) < 4.78 is 22.8. The summed E-state index contributed by atoms with van der Waals surface area (Å²) in [6.07, 6.45) is 4.80. The number of rotatable bonds is 13. The van der Waals surface area contributed by atoms with Crippen LogP contribution < -0.4 is 14.2 Å². The smallest absolute Gasteiger partial charge is 0.343 e. The van der Waals surface area contributed by atoms with Gasteiger partial charge in [-0.25, -0.2) is 9.59 Å². The van der Waals surface area contributed by atoms with Crippen LogP contribution in [0.4, 0.5) is 0 Å². The number of ether oxygens (including phenoxy) is 4. The molecule has 3 rings (SSSR count). The third-order valence-electron chi connectivity index (χ3n) is 4.87. The minimum atomic E-state index is -0.450. The molecular weight excluding hydrogens is 512 g/mol. The van der Waals surface area contributed by atoms with Gasteiger partial charge in [-0.2, -0.15) is 0 Å². The monoisotopic (exact) mass is 538 g/mol. The highest BCUT2D eigenvalue weighted by molar-refractivity contribution is 9.10. The zero-order valence-corrected chi connectivity index (χ0v) is 20.9. The SMILES string of the molecule is C=CC(=O)OCCCCCCOc1ccc(C(=O)Oc2ccc(Oc3cccc(Br)c3)cc2)cc1. The van der Waals surface area contributed by atoms with Crippen LogP contribution in [0.5, 0.6) is 23.0 Å². The fourth-order valence-corrected chi connectivity index (χ4v) is 3.45. The lowest BCUT2D eigenvalue weighted by Gasteiger charge is -2.09. The predicted octanol–water partition coefficient (Wildman–Crippen LogP) is 7.13. The molecule has 0 saturated carbocycles. The third-order valence-corrected chi connectivity index (χ3v) is 5.37. The second-order valence-corrected chi connectivity index (χ2v) is 8.49. The summed E-state index contributed by atoms with van der Waals surface area (Å²) in [5, 5.41) is 0. The summed E-state index contributed by atoms with van der Waals surface area (Å²) in [5.41, 5.74) is 0.431. The lowest BCUT2D eigenvalue weighted by molar-refractivity contribution is -0.137. The molecular formula is C28H27BrO6. The molecule has 0 unspecified atom stereocenters. The van der Waals surface area contributed by atoms with Gasteiger partial charge in [0.05, 0.1) is 18.8 Å². The molecule has 3 aromatic rings. The van der Waals surface area contributed by atoms with Crippen LogP contribution in [0, 0.1) is 0 Å². The van der Waals surface area contributed by atoms with Gasteiger partial charge >= 0.3 is 11.9 Å². The number of benzene rings is 3. The molecule has 0 saturated heterocycles. The van der Waals surface area contributed by atoms with E-state index >= 15 is 0 Å². The molecule has 0 radical (unpaired) electrons. The summed E-state index contributed by atoms with van der Waals surface area (Å²) in [6, 6.07) is 21.3. The van der Waals surface area contributed by atoms with E-state index in [0.717, 1.165) is 36.2 Å². The highest BCUT2D eigenvalue weighted by Gasteiger charge is 2.09. The van der Waals surface area contributed by atoms with E-state index < -0.39 is 5.97 Å². The Morgan fingerprint density at radius 2 is 1.43 bits per heavy atom. The Balaban J connectivity index is 1.37. The maximum atomic E-state index is 12.4. The molecule has 0 aliphatic carbocycles. The molecule has 0 fully saturated rings. The van der Waals surface area contributed by atoms with Crippen molar-refractivity contribution < 1.29 is 28.5 Å². The van der Waals surface area contributed by atoms with Gasteiger partial charge in [-0.1, -0.05) is 28.6 Å². The van der Waals surface area contributed by atoms with E-state index in [2.05, 4.69) is 22.5 Å². The third kappa shape index (κ3) is 9.29. The van der Waals surface area contributed by atoms with Crippen molar-refractivity contribution in [2.45, 2.75) is 25.7 Å². The van der Waals surface area contributed by atoms with Crippen LogP contribution >= 0.6 is 15.9 Å². The minimum absolute atomic E-state index is 0.388. The summed E-state index contributed by atoms with van der Waals surface area (Å²) >= 11 is 3.41. The van der Waals surface area contributed by atoms with Gasteiger partial charge in [-0.05, 0) is 92.4 Å². The molecule has 0 bridgehead atoms. The Kier molecular flexibility index (Phi) is 10.4. The first-order valence-corrected chi connectivity index (χ1v) is 12.1. The Labute approximate surface area is 213 Å². The van der Waals surface area contributed by atoms with Crippen molar-refractivity contribution in [1.29, 1.82) is 0 Å². The summed E-state index contributed by atoms with van der Waals surface area (Å²) in [7, 11) is 0. The molecule has 0 atom stereocenters. The molecule has 182 valence electrons. The first-order valence-electron chi connectivity index (χ1n) is 11.3. The number of hydrogen-bond donors (Lipinski definition) is 0. The van der Waals surface area contributed by atoms with Crippen molar-refractivity contribution >= 4 is 27.9 Å². The molecule has 0 aliphatic rings. The molecule has 3 aromatic carbocycles. The number of carbonyl (C=O) groups is 2. The highest BCUT2D eigenvalue weighted by Crippen LogP contribution is 2.26. The molecule has 0 spiro atoms. The van der Waals surface area contributed by atoms with E-state index in [1.54, 1.807) is 48.5 Å². The van der Waals surface area contributed by atoms with Crippen molar-refractivity contribution in [3.05, 3.63) is 95.5 Å². The maximum absolute atomic E-state index is 12.4. The van der Waals surface area contributed by atoms with Crippen LogP contribution in [0.3, 0.4) is 0 Å². The summed E-state index contributed by atoms with van der Waals surface area (Å²) in [5.74, 6) is 1.63. The molecule has 0 amide bonds. The fraction of sp³-hybridized carbons (Fsp3) is 0.214. The van der Waals surface area contributed by atoms with E-state index in [1.165, 1.54) is 0 Å².